The molecule has 1 aromatic heterocycles. The van der Waals surface area contributed by atoms with Crippen molar-refractivity contribution in [3.8, 4) is 5.75 Å². The summed E-state index contributed by atoms with van der Waals surface area (Å²) < 4.78 is 5.32. The van der Waals surface area contributed by atoms with Gasteiger partial charge in [-0.2, -0.15) is 0 Å². The van der Waals surface area contributed by atoms with E-state index in [-0.39, 0.29) is 6.04 Å². The number of hydrogen-bond acceptors (Lipinski definition) is 3. The van der Waals surface area contributed by atoms with Crippen molar-refractivity contribution in [2.24, 2.45) is 5.73 Å². The summed E-state index contributed by atoms with van der Waals surface area (Å²) in [6.45, 7) is 2.04. The van der Waals surface area contributed by atoms with Gasteiger partial charge in [0, 0.05) is 17.3 Å². The Morgan fingerprint density at radius 2 is 2.18 bits per heavy atom. The second-order valence-corrected chi connectivity index (χ2v) is 5.15. The van der Waals surface area contributed by atoms with Crippen LogP contribution in [0.3, 0.4) is 0 Å². The number of thiophene rings is 1. The lowest BCUT2D eigenvalue weighted by Crippen LogP contribution is -2.12. The molecule has 0 spiro atoms. The SMILES string of the molecule is COc1cc(C(N)Cc2cccs2)ccc1C. The van der Waals surface area contributed by atoms with Gasteiger partial charge in [-0.15, -0.1) is 11.3 Å². The number of methoxy groups -OCH3 is 1. The monoisotopic (exact) mass is 247 g/mol. The molecule has 0 fully saturated rings. The van der Waals surface area contributed by atoms with Crippen LogP contribution in [0.4, 0.5) is 0 Å². The van der Waals surface area contributed by atoms with E-state index >= 15 is 0 Å². The van der Waals surface area contributed by atoms with Crippen LogP contribution in [0.5, 0.6) is 5.75 Å². The van der Waals surface area contributed by atoms with Gasteiger partial charge in [-0.3, -0.25) is 0 Å². The predicted octanol–water partition coefficient (Wildman–Crippen LogP) is 3.31. The first-order valence-corrected chi connectivity index (χ1v) is 6.51. The molecule has 1 unspecified atom stereocenters. The second kappa shape index (κ2) is 5.34. The van der Waals surface area contributed by atoms with Gasteiger partial charge in [0.1, 0.15) is 5.75 Å². The van der Waals surface area contributed by atoms with Crippen LogP contribution < -0.4 is 10.5 Å². The number of benzene rings is 1. The van der Waals surface area contributed by atoms with Crippen molar-refractivity contribution in [2.75, 3.05) is 7.11 Å². The summed E-state index contributed by atoms with van der Waals surface area (Å²) in [5.74, 6) is 0.907. The highest BCUT2D eigenvalue weighted by atomic mass is 32.1. The van der Waals surface area contributed by atoms with Gasteiger partial charge in [0.15, 0.2) is 0 Å². The van der Waals surface area contributed by atoms with Crippen molar-refractivity contribution in [3.63, 3.8) is 0 Å². The van der Waals surface area contributed by atoms with Crippen molar-refractivity contribution in [1.29, 1.82) is 0 Å². The molecule has 3 heteroatoms. The van der Waals surface area contributed by atoms with Crippen LogP contribution in [0.25, 0.3) is 0 Å². The lowest BCUT2D eigenvalue weighted by molar-refractivity contribution is 0.410. The van der Waals surface area contributed by atoms with Crippen LogP contribution in [0.2, 0.25) is 0 Å². The van der Waals surface area contributed by atoms with Gasteiger partial charge in [-0.25, -0.2) is 0 Å². The molecule has 2 rings (SSSR count). The molecular formula is C14H17NOS. The van der Waals surface area contributed by atoms with Crippen LogP contribution in [-0.4, -0.2) is 7.11 Å². The summed E-state index contributed by atoms with van der Waals surface area (Å²) in [6, 6.07) is 10.4. The average Bonchev–Trinajstić information content (AvgIpc) is 2.82. The van der Waals surface area contributed by atoms with Gasteiger partial charge in [0.05, 0.1) is 7.11 Å². The molecule has 0 saturated heterocycles. The molecular weight excluding hydrogens is 230 g/mol. The molecule has 0 aliphatic heterocycles. The molecule has 0 bridgehead atoms. The third-order valence-electron chi connectivity index (χ3n) is 2.86. The smallest absolute Gasteiger partial charge is 0.122 e. The van der Waals surface area contributed by atoms with Crippen molar-refractivity contribution in [3.05, 3.63) is 51.7 Å². The van der Waals surface area contributed by atoms with Crippen LogP contribution in [-0.2, 0) is 6.42 Å². The summed E-state index contributed by atoms with van der Waals surface area (Å²) in [4.78, 5) is 1.32. The Morgan fingerprint density at radius 3 is 2.82 bits per heavy atom. The first-order chi connectivity index (χ1) is 8.20. The highest BCUT2D eigenvalue weighted by Crippen LogP contribution is 2.25. The van der Waals surface area contributed by atoms with Gasteiger partial charge in [0.25, 0.3) is 0 Å². The third-order valence-corrected chi connectivity index (χ3v) is 3.76. The molecule has 0 aliphatic carbocycles. The number of nitrogens with two attached hydrogens (primary N) is 1. The highest BCUT2D eigenvalue weighted by Gasteiger charge is 2.09. The molecule has 2 N–H and O–H groups in total. The molecule has 0 aliphatic rings. The highest BCUT2D eigenvalue weighted by molar-refractivity contribution is 7.09. The average molecular weight is 247 g/mol. The van der Waals surface area contributed by atoms with Gasteiger partial charge in [0.2, 0.25) is 0 Å². The lowest BCUT2D eigenvalue weighted by atomic mass is 10.0. The zero-order chi connectivity index (χ0) is 12.3. The number of rotatable bonds is 4. The topological polar surface area (TPSA) is 35.2 Å². The van der Waals surface area contributed by atoms with Gasteiger partial charge >= 0.3 is 0 Å². The van der Waals surface area contributed by atoms with E-state index in [0.29, 0.717) is 0 Å². The number of hydrogen-bond donors (Lipinski definition) is 1. The third kappa shape index (κ3) is 2.87. The summed E-state index contributed by atoms with van der Waals surface area (Å²) in [5, 5.41) is 2.08. The van der Waals surface area contributed by atoms with Crippen molar-refractivity contribution < 1.29 is 4.74 Å². The van der Waals surface area contributed by atoms with Crippen molar-refractivity contribution >= 4 is 11.3 Å². The maximum Gasteiger partial charge on any atom is 0.122 e. The minimum absolute atomic E-state index is 0.0307. The summed E-state index contributed by atoms with van der Waals surface area (Å²) in [6.07, 6.45) is 0.879. The van der Waals surface area contributed by atoms with E-state index in [1.807, 2.05) is 13.0 Å². The molecule has 0 saturated carbocycles. The van der Waals surface area contributed by atoms with E-state index in [1.165, 1.54) is 4.88 Å². The zero-order valence-corrected chi connectivity index (χ0v) is 11.0. The molecule has 0 radical (unpaired) electrons. The van der Waals surface area contributed by atoms with Crippen LogP contribution in [0.1, 0.15) is 22.0 Å². The summed E-state index contributed by atoms with van der Waals surface area (Å²) >= 11 is 1.75. The van der Waals surface area contributed by atoms with Gasteiger partial charge in [-0.1, -0.05) is 18.2 Å². The Balaban J connectivity index is 2.16. The molecule has 1 heterocycles. The van der Waals surface area contributed by atoms with Crippen LogP contribution in [0, 0.1) is 6.92 Å². The maximum atomic E-state index is 6.21. The molecule has 2 nitrogen and oxygen atoms in total. The fourth-order valence-electron chi connectivity index (χ4n) is 1.83. The first kappa shape index (κ1) is 12.1. The molecule has 90 valence electrons. The largest absolute Gasteiger partial charge is 0.496 e. The fourth-order valence-corrected chi connectivity index (χ4v) is 2.60. The van der Waals surface area contributed by atoms with Crippen molar-refractivity contribution in [2.45, 2.75) is 19.4 Å². The van der Waals surface area contributed by atoms with E-state index in [4.69, 9.17) is 10.5 Å². The Bertz CT molecular complexity index is 479. The molecule has 17 heavy (non-hydrogen) atoms. The summed E-state index contributed by atoms with van der Waals surface area (Å²) in [5.41, 5.74) is 8.48. The van der Waals surface area contributed by atoms with Crippen LogP contribution >= 0.6 is 11.3 Å². The molecule has 0 amide bonds. The normalized spacial score (nSPS) is 12.4. The van der Waals surface area contributed by atoms with E-state index in [2.05, 4.69) is 29.6 Å². The number of ether oxygens (including phenoxy) is 1. The van der Waals surface area contributed by atoms with E-state index in [0.717, 1.165) is 23.3 Å². The van der Waals surface area contributed by atoms with Gasteiger partial charge in [-0.05, 0) is 35.6 Å². The Labute approximate surface area is 106 Å². The minimum Gasteiger partial charge on any atom is -0.496 e. The second-order valence-electron chi connectivity index (χ2n) is 4.12. The molecule has 2 aromatic rings. The van der Waals surface area contributed by atoms with Gasteiger partial charge < -0.3 is 10.5 Å². The predicted molar refractivity (Wildman–Crippen MR) is 72.7 cm³/mol. The van der Waals surface area contributed by atoms with E-state index in [1.54, 1.807) is 18.4 Å². The number of aryl methyl sites for hydroxylation is 1. The zero-order valence-electron chi connectivity index (χ0n) is 10.1. The fraction of sp³-hybridized carbons (Fsp3) is 0.286. The molecule has 1 atom stereocenters. The van der Waals surface area contributed by atoms with E-state index < -0.39 is 0 Å². The van der Waals surface area contributed by atoms with Crippen molar-refractivity contribution in [1.82, 2.24) is 0 Å². The quantitative estimate of drug-likeness (QED) is 0.899. The minimum atomic E-state index is 0.0307. The van der Waals surface area contributed by atoms with E-state index in [9.17, 15) is 0 Å². The Morgan fingerprint density at radius 1 is 1.35 bits per heavy atom. The Hall–Kier alpha value is -1.32. The maximum absolute atomic E-state index is 6.21. The van der Waals surface area contributed by atoms with Crippen LogP contribution in [0.15, 0.2) is 35.7 Å². The molecule has 1 aromatic carbocycles. The first-order valence-electron chi connectivity index (χ1n) is 5.63. The Kier molecular flexibility index (Phi) is 3.82. The standard InChI is InChI=1S/C14H17NOS/c1-10-5-6-11(8-14(10)16-2)13(15)9-12-4-3-7-17-12/h3-8,13H,9,15H2,1-2H3. The lowest BCUT2D eigenvalue weighted by Gasteiger charge is -2.13. The summed E-state index contributed by atoms with van der Waals surface area (Å²) in [7, 11) is 1.69.